The van der Waals surface area contributed by atoms with E-state index in [4.69, 9.17) is 10.5 Å². The lowest BCUT2D eigenvalue weighted by atomic mass is 9.97. The number of nitrogens with zero attached hydrogens (tertiary/aromatic N) is 1. The van der Waals surface area contributed by atoms with Crippen LogP contribution < -0.4 is 5.73 Å². The van der Waals surface area contributed by atoms with Crippen molar-refractivity contribution in [3.8, 4) is 0 Å². The fourth-order valence-electron chi connectivity index (χ4n) is 1.78. The number of esters is 1. The molecule has 17 heavy (non-hydrogen) atoms. The number of nitrogens with two attached hydrogens (primary N) is 1. The molecule has 5 heteroatoms. The number of likely N-dealkylation sites (tertiary alicyclic amines) is 1. The SMILES string of the molecule is CC(C)(C)COC(=O)[C@@H]1CCCN(C(N)=O)C1. The molecule has 1 aliphatic heterocycles. The first-order valence-electron chi connectivity index (χ1n) is 6.00. The maximum Gasteiger partial charge on any atom is 0.314 e. The molecule has 2 N–H and O–H groups in total. The molecule has 1 aliphatic rings. The van der Waals surface area contributed by atoms with Crippen LogP contribution in [-0.2, 0) is 9.53 Å². The fourth-order valence-corrected chi connectivity index (χ4v) is 1.78. The molecule has 1 rings (SSSR count). The van der Waals surface area contributed by atoms with Gasteiger partial charge in [0.1, 0.15) is 0 Å². The van der Waals surface area contributed by atoms with Crippen LogP contribution in [0.15, 0.2) is 0 Å². The molecular weight excluding hydrogens is 220 g/mol. The molecule has 0 radical (unpaired) electrons. The number of piperidine rings is 1. The Hall–Kier alpha value is -1.26. The van der Waals surface area contributed by atoms with Gasteiger partial charge in [-0.2, -0.15) is 0 Å². The number of primary amides is 1. The van der Waals surface area contributed by atoms with Crippen molar-refractivity contribution in [1.82, 2.24) is 4.90 Å². The van der Waals surface area contributed by atoms with Crippen molar-refractivity contribution in [2.45, 2.75) is 33.6 Å². The third kappa shape index (κ3) is 4.63. The van der Waals surface area contributed by atoms with Gasteiger partial charge in [0.2, 0.25) is 0 Å². The third-order valence-corrected chi connectivity index (χ3v) is 2.71. The summed E-state index contributed by atoms with van der Waals surface area (Å²) in [6.45, 7) is 7.46. The van der Waals surface area contributed by atoms with Crippen LogP contribution >= 0.6 is 0 Å². The van der Waals surface area contributed by atoms with E-state index in [1.54, 1.807) is 0 Å². The van der Waals surface area contributed by atoms with E-state index < -0.39 is 6.03 Å². The van der Waals surface area contributed by atoms with Crippen molar-refractivity contribution in [3.63, 3.8) is 0 Å². The zero-order chi connectivity index (χ0) is 13.1. The van der Waals surface area contributed by atoms with Crippen LogP contribution in [0.4, 0.5) is 4.79 Å². The summed E-state index contributed by atoms with van der Waals surface area (Å²) in [5, 5.41) is 0. The molecule has 0 aromatic carbocycles. The van der Waals surface area contributed by atoms with E-state index in [0.29, 0.717) is 19.7 Å². The molecule has 1 heterocycles. The van der Waals surface area contributed by atoms with Gasteiger partial charge in [-0.1, -0.05) is 20.8 Å². The highest BCUT2D eigenvalue weighted by Gasteiger charge is 2.29. The monoisotopic (exact) mass is 242 g/mol. The number of urea groups is 1. The van der Waals surface area contributed by atoms with Crippen LogP contribution in [0, 0.1) is 11.3 Å². The summed E-state index contributed by atoms with van der Waals surface area (Å²) in [5.74, 6) is -0.440. The second-order valence-corrected chi connectivity index (χ2v) is 5.79. The minimum absolute atomic E-state index is 0.0340. The van der Waals surface area contributed by atoms with Gasteiger partial charge in [-0.05, 0) is 18.3 Å². The second-order valence-electron chi connectivity index (χ2n) is 5.79. The molecule has 0 saturated carbocycles. The first-order chi connectivity index (χ1) is 7.79. The molecule has 0 aromatic rings. The summed E-state index contributed by atoms with van der Waals surface area (Å²) in [6.07, 6.45) is 1.57. The molecule has 0 unspecified atom stereocenters. The maximum atomic E-state index is 11.8. The van der Waals surface area contributed by atoms with E-state index in [-0.39, 0.29) is 17.3 Å². The van der Waals surface area contributed by atoms with Crippen LogP contribution in [0.5, 0.6) is 0 Å². The molecular formula is C12H22N2O3. The average molecular weight is 242 g/mol. The van der Waals surface area contributed by atoms with Crippen molar-refractivity contribution in [3.05, 3.63) is 0 Å². The van der Waals surface area contributed by atoms with E-state index >= 15 is 0 Å². The minimum Gasteiger partial charge on any atom is -0.465 e. The summed E-state index contributed by atoms with van der Waals surface area (Å²) in [5.41, 5.74) is 5.17. The number of amides is 2. The van der Waals surface area contributed by atoms with Gasteiger partial charge in [-0.15, -0.1) is 0 Å². The van der Waals surface area contributed by atoms with Crippen molar-refractivity contribution in [2.24, 2.45) is 17.1 Å². The largest absolute Gasteiger partial charge is 0.465 e. The Kier molecular flexibility index (Phi) is 4.37. The van der Waals surface area contributed by atoms with Gasteiger partial charge < -0.3 is 15.4 Å². The third-order valence-electron chi connectivity index (χ3n) is 2.71. The van der Waals surface area contributed by atoms with E-state index in [1.807, 2.05) is 20.8 Å². The number of carbonyl (C=O) groups is 2. The molecule has 0 aromatic heterocycles. The van der Waals surface area contributed by atoms with Gasteiger partial charge in [0, 0.05) is 13.1 Å². The zero-order valence-electron chi connectivity index (χ0n) is 10.9. The Labute approximate surface area is 102 Å². The number of rotatable bonds is 2. The van der Waals surface area contributed by atoms with E-state index in [2.05, 4.69) is 0 Å². The highest BCUT2D eigenvalue weighted by molar-refractivity contribution is 5.76. The summed E-state index contributed by atoms with van der Waals surface area (Å²) in [6, 6.07) is -0.460. The number of carbonyl (C=O) groups excluding carboxylic acids is 2. The average Bonchev–Trinajstić information content (AvgIpc) is 2.25. The van der Waals surface area contributed by atoms with Crippen LogP contribution in [0.25, 0.3) is 0 Å². The minimum atomic E-state index is -0.460. The molecule has 1 atom stereocenters. The van der Waals surface area contributed by atoms with Crippen LogP contribution in [0.1, 0.15) is 33.6 Å². The van der Waals surface area contributed by atoms with Gasteiger partial charge in [0.15, 0.2) is 0 Å². The molecule has 0 spiro atoms. The second kappa shape index (κ2) is 5.38. The van der Waals surface area contributed by atoms with Crippen LogP contribution in [0.3, 0.4) is 0 Å². The summed E-state index contributed by atoms with van der Waals surface area (Å²) in [7, 11) is 0. The van der Waals surface area contributed by atoms with Crippen molar-refractivity contribution in [2.75, 3.05) is 19.7 Å². The predicted octanol–water partition coefficient (Wildman–Crippen LogP) is 1.37. The standard InChI is InChI=1S/C12H22N2O3/c1-12(2,3)8-17-10(15)9-5-4-6-14(7-9)11(13)16/h9H,4-8H2,1-3H3,(H2,13,16)/t9-/m1/s1. The zero-order valence-corrected chi connectivity index (χ0v) is 10.9. The number of ether oxygens (including phenoxy) is 1. The lowest BCUT2D eigenvalue weighted by molar-refractivity contribution is -0.152. The molecule has 0 bridgehead atoms. The number of hydrogen-bond acceptors (Lipinski definition) is 3. The van der Waals surface area contributed by atoms with E-state index in [1.165, 1.54) is 4.90 Å². The molecule has 2 amide bonds. The van der Waals surface area contributed by atoms with E-state index in [9.17, 15) is 9.59 Å². The van der Waals surface area contributed by atoms with Crippen molar-refractivity contribution >= 4 is 12.0 Å². The van der Waals surface area contributed by atoms with Gasteiger partial charge in [-0.3, -0.25) is 4.79 Å². The Morgan fingerprint density at radius 3 is 2.59 bits per heavy atom. The van der Waals surface area contributed by atoms with Gasteiger partial charge in [0.05, 0.1) is 12.5 Å². The quantitative estimate of drug-likeness (QED) is 0.743. The Balaban J connectivity index is 2.44. The fraction of sp³-hybridized carbons (Fsp3) is 0.833. The molecule has 1 fully saturated rings. The molecule has 98 valence electrons. The summed E-state index contributed by atoms with van der Waals surface area (Å²) in [4.78, 5) is 24.4. The maximum absolute atomic E-state index is 11.8. The highest BCUT2D eigenvalue weighted by atomic mass is 16.5. The number of hydrogen-bond donors (Lipinski definition) is 1. The Bertz CT molecular complexity index is 297. The van der Waals surface area contributed by atoms with Gasteiger partial charge in [-0.25, -0.2) is 4.79 Å². The Morgan fingerprint density at radius 1 is 1.41 bits per heavy atom. The highest BCUT2D eigenvalue weighted by Crippen LogP contribution is 2.20. The smallest absolute Gasteiger partial charge is 0.314 e. The summed E-state index contributed by atoms with van der Waals surface area (Å²) >= 11 is 0. The topological polar surface area (TPSA) is 72.6 Å². The molecule has 0 aliphatic carbocycles. The normalized spacial score (nSPS) is 21.1. The molecule has 5 nitrogen and oxygen atoms in total. The first-order valence-corrected chi connectivity index (χ1v) is 6.00. The van der Waals surface area contributed by atoms with Gasteiger partial charge >= 0.3 is 12.0 Å². The lowest BCUT2D eigenvalue weighted by Gasteiger charge is -2.30. The Morgan fingerprint density at radius 2 is 2.06 bits per heavy atom. The van der Waals surface area contributed by atoms with Crippen LogP contribution in [0.2, 0.25) is 0 Å². The first kappa shape index (κ1) is 13.8. The van der Waals surface area contributed by atoms with E-state index in [0.717, 1.165) is 12.8 Å². The van der Waals surface area contributed by atoms with Crippen molar-refractivity contribution in [1.29, 1.82) is 0 Å². The van der Waals surface area contributed by atoms with Crippen molar-refractivity contribution < 1.29 is 14.3 Å². The van der Waals surface area contributed by atoms with Crippen LogP contribution in [-0.4, -0.2) is 36.6 Å². The molecule has 1 saturated heterocycles. The summed E-state index contributed by atoms with van der Waals surface area (Å²) < 4.78 is 5.26. The van der Waals surface area contributed by atoms with Gasteiger partial charge in [0.25, 0.3) is 0 Å². The lowest BCUT2D eigenvalue weighted by Crippen LogP contribution is -2.45. The predicted molar refractivity (Wildman–Crippen MR) is 64.3 cm³/mol.